The Morgan fingerprint density at radius 3 is 2.76 bits per heavy atom. The normalized spacial score (nSPS) is 15.3. The second-order valence-corrected chi connectivity index (χ2v) is 8.08. The van der Waals surface area contributed by atoms with Crippen molar-refractivity contribution in [3.63, 3.8) is 0 Å². The molecule has 29 heavy (non-hydrogen) atoms. The summed E-state index contributed by atoms with van der Waals surface area (Å²) in [4.78, 5) is 37.7. The maximum absolute atomic E-state index is 12.3. The number of nitrogens with one attached hydrogen (secondary N) is 1. The standard InChI is InChI=1S/C21H24N2O5S/c1-3-27-15-7-5-4-6-13(15)21(26)28-11-17(24)23-20-18(19(22)25)14-9-8-12(2)10-16(14)29-20/h4-7,12H,3,8-11H2,1-2H3,(H2,22,25)(H,23,24)/t12-/m1/s1. The topological polar surface area (TPSA) is 108 Å². The third kappa shape index (κ3) is 4.76. The molecule has 1 aromatic carbocycles. The minimum atomic E-state index is -0.654. The van der Waals surface area contributed by atoms with E-state index in [0.29, 0.717) is 28.8 Å². The van der Waals surface area contributed by atoms with E-state index in [4.69, 9.17) is 15.2 Å². The summed E-state index contributed by atoms with van der Waals surface area (Å²) in [5.74, 6) is -0.816. The van der Waals surface area contributed by atoms with Gasteiger partial charge in [-0.1, -0.05) is 19.1 Å². The lowest BCUT2D eigenvalue weighted by atomic mass is 9.88. The molecule has 0 bridgehead atoms. The first kappa shape index (κ1) is 20.9. The summed E-state index contributed by atoms with van der Waals surface area (Å²) < 4.78 is 10.5. The molecule has 0 unspecified atom stereocenters. The first-order valence-electron chi connectivity index (χ1n) is 9.53. The fraction of sp³-hybridized carbons (Fsp3) is 0.381. The number of anilines is 1. The third-order valence-corrected chi connectivity index (χ3v) is 5.92. The molecule has 1 aliphatic rings. The highest BCUT2D eigenvalue weighted by Crippen LogP contribution is 2.39. The van der Waals surface area contributed by atoms with Crippen LogP contribution in [0.15, 0.2) is 24.3 Å². The van der Waals surface area contributed by atoms with Gasteiger partial charge in [-0.2, -0.15) is 0 Å². The Morgan fingerprint density at radius 1 is 1.28 bits per heavy atom. The zero-order chi connectivity index (χ0) is 21.0. The van der Waals surface area contributed by atoms with Gasteiger partial charge in [0.1, 0.15) is 16.3 Å². The minimum Gasteiger partial charge on any atom is -0.493 e. The molecular weight excluding hydrogens is 392 g/mol. The maximum atomic E-state index is 12.3. The molecule has 1 atom stereocenters. The van der Waals surface area contributed by atoms with Crippen LogP contribution in [-0.2, 0) is 22.4 Å². The molecule has 1 heterocycles. The van der Waals surface area contributed by atoms with Crippen LogP contribution < -0.4 is 15.8 Å². The van der Waals surface area contributed by atoms with Gasteiger partial charge in [0.2, 0.25) is 0 Å². The molecule has 3 rings (SSSR count). The lowest BCUT2D eigenvalue weighted by Gasteiger charge is -2.18. The number of ether oxygens (including phenoxy) is 2. The highest BCUT2D eigenvalue weighted by molar-refractivity contribution is 7.17. The molecule has 1 aromatic heterocycles. The molecular formula is C21H24N2O5S. The molecule has 0 fully saturated rings. The second-order valence-electron chi connectivity index (χ2n) is 6.97. The molecule has 0 aliphatic heterocycles. The van der Waals surface area contributed by atoms with Crippen molar-refractivity contribution in [2.75, 3.05) is 18.5 Å². The number of benzene rings is 1. The quantitative estimate of drug-likeness (QED) is 0.674. The third-order valence-electron chi connectivity index (χ3n) is 4.75. The van der Waals surface area contributed by atoms with Crippen LogP contribution >= 0.6 is 11.3 Å². The van der Waals surface area contributed by atoms with E-state index in [0.717, 1.165) is 29.7 Å². The Bertz CT molecular complexity index is 937. The van der Waals surface area contributed by atoms with Gasteiger partial charge in [0.15, 0.2) is 6.61 Å². The summed E-state index contributed by atoms with van der Waals surface area (Å²) in [5, 5.41) is 3.10. The van der Waals surface area contributed by atoms with Crippen molar-refractivity contribution in [3.8, 4) is 5.75 Å². The highest BCUT2D eigenvalue weighted by atomic mass is 32.1. The van der Waals surface area contributed by atoms with Crippen molar-refractivity contribution < 1.29 is 23.9 Å². The lowest BCUT2D eigenvalue weighted by molar-refractivity contribution is -0.119. The number of primary amides is 1. The SMILES string of the molecule is CCOc1ccccc1C(=O)OCC(=O)Nc1sc2c(c1C(N)=O)CC[C@@H](C)C2. The smallest absolute Gasteiger partial charge is 0.342 e. The van der Waals surface area contributed by atoms with Crippen LogP contribution in [0.4, 0.5) is 5.00 Å². The largest absolute Gasteiger partial charge is 0.493 e. The Balaban J connectivity index is 1.67. The van der Waals surface area contributed by atoms with Gasteiger partial charge in [-0.25, -0.2) is 4.79 Å². The van der Waals surface area contributed by atoms with Gasteiger partial charge in [0, 0.05) is 4.88 Å². The van der Waals surface area contributed by atoms with Crippen LogP contribution in [0.25, 0.3) is 0 Å². The van der Waals surface area contributed by atoms with E-state index in [-0.39, 0.29) is 5.56 Å². The van der Waals surface area contributed by atoms with Crippen molar-refractivity contribution in [1.29, 1.82) is 0 Å². The molecule has 0 radical (unpaired) electrons. The summed E-state index contributed by atoms with van der Waals surface area (Å²) in [7, 11) is 0. The summed E-state index contributed by atoms with van der Waals surface area (Å²) in [5.41, 5.74) is 7.11. The van der Waals surface area contributed by atoms with Gasteiger partial charge >= 0.3 is 5.97 Å². The van der Waals surface area contributed by atoms with E-state index >= 15 is 0 Å². The van der Waals surface area contributed by atoms with Crippen LogP contribution in [0.1, 0.15) is 51.4 Å². The number of fused-ring (bicyclic) bond motifs is 1. The van der Waals surface area contributed by atoms with Crippen LogP contribution in [0.5, 0.6) is 5.75 Å². The Hall–Kier alpha value is -2.87. The maximum Gasteiger partial charge on any atom is 0.342 e. The number of para-hydroxylation sites is 1. The number of amides is 2. The molecule has 8 heteroatoms. The Kier molecular flexibility index (Phi) is 6.53. The van der Waals surface area contributed by atoms with Gasteiger partial charge in [-0.15, -0.1) is 11.3 Å². The second kappa shape index (κ2) is 9.09. The summed E-state index contributed by atoms with van der Waals surface area (Å²) in [6.45, 7) is 3.90. The van der Waals surface area contributed by atoms with E-state index in [2.05, 4.69) is 12.2 Å². The van der Waals surface area contributed by atoms with E-state index in [1.165, 1.54) is 11.3 Å². The number of thiophene rings is 1. The van der Waals surface area contributed by atoms with Crippen LogP contribution in [0.2, 0.25) is 0 Å². The lowest BCUT2D eigenvalue weighted by Crippen LogP contribution is -2.23. The van der Waals surface area contributed by atoms with Crippen molar-refractivity contribution in [1.82, 2.24) is 0 Å². The molecule has 2 aromatic rings. The number of rotatable bonds is 7. The number of nitrogens with two attached hydrogens (primary N) is 1. The molecule has 3 N–H and O–H groups in total. The zero-order valence-electron chi connectivity index (χ0n) is 16.4. The first-order valence-corrected chi connectivity index (χ1v) is 10.4. The number of hydrogen-bond donors (Lipinski definition) is 2. The molecule has 0 saturated heterocycles. The van der Waals surface area contributed by atoms with Gasteiger partial charge in [0.25, 0.3) is 11.8 Å². The van der Waals surface area contributed by atoms with E-state index in [1.807, 2.05) is 6.92 Å². The van der Waals surface area contributed by atoms with E-state index in [9.17, 15) is 14.4 Å². The average Bonchev–Trinajstić information content (AvgIpc) is 3.03. The van der Waals surface area contributed by atoms with Gasteiger partial charge < -0.3 is 20.5 Å². The minimum absolute atomic E-state index is 0.251. The van der Waals surface area contributed by atoms with Crippen molar-refractivity contribution in [3.05, 3.63) is 45.8 Å². The van der Waals surface area contributed by atoms with Crippen LogP contribution in [0, 0.1) is 5.92 Å². The summed E-state index contributed by atoms with van der Waals surface area (Å²) in [6, 6.07) is 6.68. The van der Waals surface area contributed by atoms with E-state index in [1.54, 1.807) is 24.3 Å². The zero-order valence-corrected chi connectivity index (χ0v) is 17.3. The molecule has 2 amide bonds. The summed E-state index contributed by atoms with van der Waals surface area (Å²) in [6.07, 6.45) is 2.61. The number of hydrogen-bond acceptors (Lipinski definition) is 6. The van der Waals surface area contributed by atoms with Crippen molar-refractivity contribution >= 4 is 34.1 Å². The molecule has 0 spiro atoms. The van der Waals surface area contributed by atoms with Crippen LogP contribution in [0.3, 0.4) is 0 Å². The monoisotopic (exact) mass is 416 g/mol. The fourth-order valence-electron chi connectivity index (χ4n) is 3.39. The Morgan fingerprint density at radius 2 is 2.03 bits per heavy atom. The van der Waals surface area contributed by atoms with Crippen molar-refractivity contribution in [2.24, 2.45) is 11.7 Å². The number of carbonyl (C=O) groups is 3. The van der Waals surface area contributed by atoms with Gasteiger partial charge in [-0.05, 0) is 49.8 Å². The fourth-order valence-corrected chi connectivity index (χ4v) is 4.82. The predicted molar refractivity (Wildman–Crippen MR) is 111 cm³/mol. The number of carbonyl (C=O) groups excluding carboxylic acids is 3. The predicted octanol–water partition coefficient (Wildman–Crippen LogP) is 3.17. The summed E-state index contributed by atoms with van der Waals surface area (Å²) >= 11 is 1.37. The molecule has 7 nitrogen and oxygen atoms in total. The Labute approximate surface area is 173 Å². The number of esters is 1. The van der Waals surface area contributed by atoms with Gasteiger partial charge in [-0.3, -0.25) is 9.59 Å². The van der Waals surface area contributed by atoms with Crippen LogP contribution in [-0.4, -0.2) is 31.0 Å². The highest BCUT2D eigenvalue weighted by Gasteiger charge is 2.27. The van der Waals surface area contributed by atoms with Crippen molar-refractivity contribution in [2.45, 2.75) is 33.1 Å². The first-order chi connectivity index (χ1) is 13.9. The average molecular weight is 416 g/mol. The van der Waals surface area contributed by atoms with Gasteiger partial charge in [0.05, 0.1) is 12.2 Å². The molecule has 1 aliphatic carbocycles. The molecule has 0 saturated carbocycles. The van der Waals surface area contributed by atoms with E-state index < -0.39 is 24.4 Å². The molecule has 154 valence electrons.